The second-order valence-electron chi connectivity index (χ2n) is 10.3. The zero-order valence-corrected chi connectivity index (χ0v) is 20.9. The van der Waals surface area contributed by atoms with Gasteiger partial charge >= 0.3 is 17.2 Å². The van der Waals surface area contributed by atoms with Crippen LogP contribution >= 0.6 is 11.8 Å². The molecule has 0 amide bonds. The Labute approximate surface area is 219 Å². The smallest absolute Gasteiger partial charge is 0.352 e. The maximum atomic E-state index is 6.75. The highest BCUT2D eigenvalue weighted by Gasteiger charge is 2.69. The SMILES string of the molecule is Cn1c2[n+](c3ccccc31)[N+]13c4c(cccc4-2)Oc2ccc4c(c21)-n1c2c(ccnc2c2ccc[n+]3c21)S4. The van der Waals surface area contributed by atoms with E-state index in [-0.39, 0.29) is 0 Å². The summed E-state index contributed by atoms with van der Waals surface area (Å²) in [5.41, 5.74) is 10.4. The second-order valence-corrected chi connectivity index (χ2v) is 11.4. The summed E-state index contributed by atoms with van der Waals surface area (Å²) in [5, 5.41) is 1.15. The van der Waals surface area contributed by atoms with Gasteiger partial charge in [0.15, 0.2) is 23.0 Å². The predicted octanol–water partition coefficient (Wildman–Crippen LogP) is 5.68. The number of rotatable bonds is 0. The average molecular weight is 510 g/mol. The number of hydrogen-bond acceptors (Lipinski definition) is 3. The molecule has 1 unspecified atom stereocenters. The summed E-state index contributed by atoms with van der Waals surface area (Å²) in [6, 6.07) is 26.0. The lowest BCUT2D eigenvalue weighted by atomic mass is 10.1. The van der Waals surface area contributed by atoms with Crippen LogP contribution in [0.4, 0.5) is 11.4 Å². The normalized spacial score (nSPS) is 18.3. The fourth-order valence-corrected chi connectivity index (χ4v) is 8.53. The van der Waals surface area contributed by atoms with Crippen molar-refractivity contribution in [3.05, 3.63) is 85.2 Å². The summed E-state index contributed by atoms with van der Waals surface area (Å²) in [7, 11) is 2.17. The van der Waals surface area contributed by atoms with E-state index in [1.54, 1.807) is 0 Å². The molecule has 7 nitrogen and oxygen atoms in total. The quantitative estimate of drug-likeness (QED) is 0.195. The van der Waals surface area contributed by atoms with E-state index in [1.807, 2.05) is 18.0 Å². The summed E-state index contributed by atoms with van der Waals surface area (Å²) in [6.07, 6.45) is 4.16. The van der Waals surface area contributed by atoms with Crippen molar-refractivity contribution >= 4 is 56.2 Å². The molecule has 7 aromatic rings. The van der Waals surface area contributed by atoms with Crippen molar-refractivity contribution in [3.8, 4) is 28.6 Å². The number of ether oxygens (including phenoxy) is 1. The van der Waals surface area contributed by atoms with Crippen molar-refractivity contribution in [1.29, 1.82) is 0 Å². The molecule has 8 heterocycles. The Morgan fingerprint density at radius 3 is 2.79 bits per heavy atom. The summed E-state index contributed by atoms with van der Waals surface area (Å²) >= 11 is 1.83. The summed E-state index contributed by atoms with van der Waals surface area (Å²) in [6.45, 7) is 0. The standard InChI is InChI=1S/C30H17N6OS/c1-32-18-8-2-3-9-19(18)35-29(32)17-6-4-10-20-27(17)36(35)28-21(37-20)11-12-22-26(28)34-25-23(38-22)13-14-31-24(25)16-7-5-15-33(36)30(16)34/h2-15H,1H3/q+3. The van der Waals surface area contributed by atoms with Gasteiger partial charge in [0.05, 0.1) is 21.5 Å². The zero-order chi connectivity index (χ0) is 24.5. The fourth-order valence-electron chi connectivity index (χ4n) is 7.46. The molecule has 0 radical (unpaired) electrons. The van der Waals surface area contributed by atoms with Crippen molar-refractivity contribution in [2.75, 3.05) is 0 Å². The van der Waals surface area contributed by atoms with Crippen LogP contribution < -0.4 is 18.8 Å². The van der Waals surface area contributed by atoms with Crippen LogP contribution in [0.3, 0.4) is 0 Å². The predicted molar refractivity (Wildman–Crippen MR) is 144 cm³/mol. The molecule has 0 saturated heterocycles. The highest BCUT2D eigenvalue weighted by molar-refractivity contribution is 7.99. The summed E-state index contributed by atoms with van der Waals surface area (Å²) in [4.78, 5) is 7.37. The van der Waals surface area contributed by atoms with Gasteiger partial charge in [-0.15, -0.1) is 0 Å². The minimum atomic E-state index is 0.379. The summed E-state index contributed by atoms with van der Waals surface area (Å²) in [5.74, 6) is 2.93. The third kappa shape index (κ3) is 1.62. The second kappa shape index (κ2) is 5.60. The maximum absolute atomic E-state index is 6.75. The van der Waals surface area contributed by atoms with Gasteiger partial charge in [-0.05, 0) is 59.3 Å². The van der Waals surface area contributed by atoms with E-state index < -0.39 is 0 Å². The molecule has 0 bridgehead atoms. The number of pyridine rings is 2. The number of para-hydroxylation sites is 3. The van der Waals surface area contributed by atoms with Crippen LogP contribution in [0.15, 0.2) is 95.0 Å². The molecule has 1 spiro atoms. The number of benzene rings is 3. The van der Waals surface area contributed by atoms with Gasteiger partial charge in [0, 0.05) is 10.9 Å². The Balaban J connectivity index is 1.52. The lowest BCUT2D eigenvalue weighted by molar-refractivity contribution is -1.01. The highest BCUT2D eigenvalue weighted by Crippen LogP contribution is 2.62. The van der Waals surface area contributed by atoms with Crippen LogP contribution in [-0.2, 0) is 7.05 Å². The number of quaternary nitrogens is 1. The first-order valence-electron chi connectivity index (χ1n) is 12.7. The Morgan fingerprint density at radius 2 is 1.82 bits per heavy atom. The minimum absolute atomic E-state index is 0.379. The van der Waals surface area contributed by atoms with Crippen molar-refractivity contribution in [3.63, 3.8) is 0 Å². The van der Waals surface area contributed by atoms with Crippen molar-refractivity contribution in [2.24, 2.45) is 7.05 Å². The lowest BCUT2D eigenvalue weighted by Crippen LogP contribution is -2.84. The van der Waals surface area contributed by atoms with Gasteiger partial charge < -0.3 is 4.74 Å². The molecular weight excluding hydrogens is 492 g/mol. The number of aryl methyl sites for hydroxylation is 1. The molecule has 176 valence electrons. The van der Waals surface area contributed by atoms with Gasteiger partial charge in [0.1, 0.15) is 16.5 Å². The maximum Gasteiger partial charge on any atom is 0.352 e. The molecule has 3 aromatic carbocycles. The molecule has 4 aliphatic rings. The van der Waals surface area contributed by atoms with Crippen molar-refractivity contribution in [1.82, 2.24) is 18.8 Å². The number of imidazole rings is 1. The molecule has 1 atom stereocenters. The average Bonchev–Trinajstić information content (AvgIpc) is 3.57. The molecule has 11 rings (SSSR count). The molecule has 38 heavy (non-hydrogen) atoms. The Morgan fingerprint density at radius 1 is 0.895 bits per heavy atom. The number of fused-ring (bicyclic) bond motifs is 5. The van der Waals surface area contributed by atoms with Crippen LogP contribution in [0.25, 0.3) is 50.2 Å². The van der Waals surface area contributed by atoms with E-state index in [0.717, 1.165) is 45.2 Å². The highest BCUT2D eigenvalue weighted by atomic mass is 32.2. The van der Waals surface area contributed by atoms with Gasteiger partial charge in [0.25, 0.3) is 5.69 Å². The van der Waals surface area contributed by atoms with Crippen molar-refractivity contribution < 1.29 is 14.1 Å². The largest absolute Gasteiger partial charge is 0.444 e. The van der Waals surface area contributed by atoms with Gasteiger partial charge in [-0.3, -0.25) is 4.98 Å². The van der Waals surface area contributed by atoms with Gasteiger partial charge in [-0.25, -0.2) is 4.57 Å². The molecule has 0 fully saturated rings. The fraction of sp³-hybridized carbons (Fsp3) is 0.0333. The first kappa shape index (κ1) is 18.6. The monoisotopic (exact) mass is 509 g/mol. The van der Waals surface area contributed by atoms with Gasteiger partial charge in [0.2, 0.25) is 17.0 Å². The van der Waals surface area contributed by atoms with Crippen molar-refractivity contribution in [2.45, 2.75) is 9.79 Å². The first-order valence-corrected chi connectivity index (χ1v) is 13.5. The third-order valence-electron chi connectivity index (χ3n) is 8.72. The first-order chi connectivity index (χ1) is 18.8. The van der Waals surface area contributed by atoms with E-state index in [9.17, 15) is 0 Å². The van der Waals surface area contributed by atoms with E-state index >= 15 is 0 Å². The zero-order valence-electron chi connectivity index (χ0n) is 20.1. The number of hydrogen-bond donors (Lipinski definition) is 0. The number of aromatic nitrogens is 5. The van der Waals surface area contributed by atoms with Crippen LogP contribution in [-0.4, -0.2) is 14.1 Å². The van der Waals surface area contributed by atoms with Gasteiger partial charge in [-0.2, -0.15) is 4.57 Å². The van der Waals surface area contributed by atoms with E-state index in [4.69, 9.17) is 9.72 Å². The third-order valence-corrected chi connectivity index (χ3v) is 9.82. The minimum Gasteiger partial charge on any atom is -0.444 e. The van der Waals surface area contributed by atoms with Crippen LogP contribution in [0.5, 0.6) is 11.5 Å². The van der Waals surface area contributed by atoms with Crippen LogP contribution in [0, 0.1) is 0 Å². The molecule has 8 heteroatoms. The van der Waals surface area contributed by atoms with Gasteiger partial charge in [-0.1, -0.05) is 30.0 Å². The number of nitrogens with zero attached hydrogens (tertiary/aromatic N) is 6. The van der Waals surface area contributed by atoms with E-state index in [0.29, 0.717) is 4.70 Å². The molecule has 4 aliphatic heterocycles. The van der Waals surface area contributed by atoms with E-state index in [2.05, 4.69) is 105 Å². The Hall–Kier alpha value is -4.66. The lowest BCUT2D eigenvalue weighted by Gasteiger charge is -2.35. The molecule has 0 aliphatic carbocycles. The molecular formula is C30H17N6OS+3. The van der Waals surface area contributed by atoms with E-state index in [1.165, 1.54) is 37.6 Å². The summed E-state index contributed by atoms with van der Waals surface area (Å²) < 4.78 is 16.8. The molecule has 0 saturated carbocycles. The molecule has 0 N–H and O–H groups in total. The Kier molecular flexibility index (Phi) is 2.73. The molecule has 4 aromatic heterocycles. The Bertz CT molecular complexity index is 2330. The van der Waals surface area contributed by atoms with Crippen LogP contribution in [0.1, 0.15) is 0 Å². The topological polar surface area (TPSA) is 39.7 Å². The van der Waals surface area contributed by atoms with Crippen LogP contribution in [0.2, 0.25) is 0 Å².